The van der Waals surface area contributed by atoms with Gasteiger partial charge in [0.1, 0.15) is 5.69 Å². The topological polar surface area (TPSA) is 113 Å². The highest BCUT2D eigenvalue weighted by Gasteiger charge is 2.19. The van der Waals surface area contributed by atoms with E-state index in [0.717, 1.165) is 0 Å². The number of hydrogen-bond acceptors (Lipinski definition) is 5. The van der Waals surface area contributed by atoms with Gasteiger partial charge in [-0.15, -0.1) is 0 Å². The Morgan fingerprint density at radius 3 is 2.48 bits per heavy atom. The molecule has 0 atom stereocenters. The van der Waals surface area contributed by atoms with Crippen LogP contribution in [0, 0.1) is 10.1 Å². The molecule has 114 valence electrons. The Morgan fingerprint density at radius 1 is 1.33 bits per heavy atom. The van der Waals surface area contributed by atoms with Crippen LogP contribution < -0.4 is 5.32 Å². The van der Waals surface area contributed by atoms with E-state index < -0.39 is 16.8 Å². The Hall–Kier alpha value is -2.48. The molecule has 8 nitrogen and oxygen atoms in total. The van der Waals surface area contributed by atoms with Gasteiger partial charge in [0.2, 0.25) is 5.91 Å². The first-order valence-corrected chi connectivity index (χ1v) is 6.30. The van der Waals surface area contributed by atoms with Gasteiger partial charge in [0.25, 0.3) is 5.69 Å². The van der Waals surface area contributed by atoms with Crippen molar-refractivity contribution in [3.05, 3.63) is 34.4 Å². The third-order valence-corrected chi connectivity index (χ3v) is 2.79. The van der Waals surface area contributed by atoms with Crippen LogP contribution in [0.4, 0.5) is 11.4 Å². The van der Waals surface area contributed by atoms with Gasteiger partial charge < -0.3 is 10.4 Å². The van der Waals surface area contributed by atoms with E-state index in [2.05, 4.69) is 5.32 Å². The Bertz CT molecular complexity index is 544. The van der Waals surface area contributed by atoms with Crippen molar-refractivity contribution in [1.29, 1.82) is 0 Å². The highest BCUT2D eigenvalue weighted by molar-refractivity contribution is 5.94. The molecule has 0 unspecified atom stereocenters. The molecule has 0 saturated carbocycles. The number of nitrogens with zero attached hydrogens (tertiary/aromatic N) is 2. The van der Waals surface area contributed by atoms with Crippen LogP contribution in [0.15, 0.2) is 24.3 Å². The Balaban J connectivity index is 2.77. The minimum atomic E-state index is -1.04. The largest absolute Gasteiger partial charge is 0.480 e. The normalized spacial score (nSPS) is 10.7. The highest BCUT2D eigenvalue weighted by atomic mass is 16.6. The lowest BCUT2D eigenvalue weighted by molar-refractivity contribution is -0.383. The summed E-state index contributed by atoms with van der Waals surface area (Å²) in [5.41, 5.74) is -0.119. The van der Waals surface area contributed by atoms with Crippen LogP contribution in [0.2, 0.25) is 0 Å². The molecule has 0 heterocycles. The van der Waals surface area contributed by atoms with Crippen molar-refractivity contribution in [2.24, 2.45) is 0 Å². The number of amides is 1. The van der Waals surface area contributed by atoms with Gasteiger partial charge in [-0.2, -0.15) is 0 Å². The summed E-state index contributed by atoms with van der Waals surface area (Å²) in [6.07, 6.45) is 0. The van der Waals surface area contributed by atoms with Crippen LogP contribution in [-0.4, -0.2) is 45.9 Å². The van der Waals surface area contributed by atoms with Crippen LogP contribution in [0.25, 0.3) is 0 Å². The number of rotatable bonds is 7. The zero-order valence-corrected chi connectivity index (χ0v) is 11.8. The highest BCUT2D eigenvalue weighted by Crippen LogP contribution is 2.23. The van der Waals surface area contributed by atoms with E-state index >= 15 is 0 Å². The number of para-hydroxylation sites is 2. The molecular weight excluding hydrogens is 278 g/mol. The molecule has 0 aliphatic rings. The number of nitrogens with one attached hydrogen (secondary N) is 1. The third-order valence-electron chi connectivity index (χ3n) is 2.79. The third kappa shape index (κ3) is 5.19. The summed E-state index contributed by atoms with van der Waals surface area (Å²) >= 11 is 0. The maximum atomic E-state index is 11.9. The van der Waals surface area contributed by atoms with Crippen molar-refractivity contribution in [2.75, 3.05) is 18.4 Å². The van der Waals surface area contributed by atoms with Gasteiger partial charge >= 0.3 is 5.97 Å². The molecule has 1 aromatic carbocycles. The van der Waals surface area contributed by atoms with Gasteiger partial charge in [-0.05, 0) is 19.9 Å². The summed E-state index contributed by atoms with van der Waals surface area (Å²) in [6.45, 7) is 3.10. The summed E-state index contributed by atoms with van der Waals surface area (Å²) in [5.74, 6) is -1.54. The van der Waals surface area contributed by atoms with Crippen LogP contribution in [0.5, 0.6) is 0 Å². The average molecular weight is 295 g/mol. The number of benzene rings is 1. The number of carboxylic acids is 1. The number of nitro benzene ring substituents is 1. The molecule has 0 bridgehead atoms. The van der Waals surface area contributed by atoms with Crippen LogP contribution in [0.3, 0.4) is 0 Å². The van der Waals surface area contributed by atoms with E-state index in [9.17, 15) is 19.7 Å². The van der Waals surface area contributed by atoms with Crippen LogP contribution >= 0.6 is 0 Å². The zero-order chi connectivity index (χ0) is 16.0. The molecule has 1 aromatic rings. The second kappa shape index (κ2) is 7.34. The van der Waals surface area contributed by atoms with Crippen molar-refractivity contribution in [3.63, 3.8) is 0 Å². The molecule has 0 aliphatic carbocycles. The predicted octanol–water partition coefficient (Wildman–Crippen LogP) is 1.33. The van der Waals surface area contributed by atoms with E-state index in [1.165, 1.54) is 23.1 Å². The summed E-state index contributed by atoms with van der Waals surface area (Å²) in [6, 6.07) is 5.64. The fourth-order valence-electron chi connectivity index (χ4n) is 1.71. The number of anilines is 1. The fourth-order valence-corrected chi connectivity index (χ4v) is 1.71. The minimum Gasteiger partial charge on any atom is -0.480 e. The van der Waals surface area contributed by atoms with Gasteiger partial charge in [-0.25, -0.2) is 0 Å². The predicted molar refractivity (Wildman–Crippen MR) is 76.1 cm³/mol. The van der Waals surface area contributed by atoms with Gasteiger partial charge in [-0.1, -0.05) is 12.1 Å². The lowest BCUT2D eigenvalue weighted by Gasteiger charge is -2.23. The second-order valence-electron chi connectivity index (χ2n) is 4.71. The molecule has 0 aliphatic heterocycles. The zero-order valence-electron chi connectivity index (χ0n) is 11.8. The van der Waals surface area contributed by atoms with Gasteiger partial charge in [-0.3, -0.25) is 24.6 Å². The first kappa shape index (κ1) is 16.6. The molecule has 0 radical (unpaired) electrons. The van der Waals surface area contributed by atoms with Crippen molar-refractivity contribution < 1.29 is 19.6 Å². The molecule has 1 amide bonds. The number of carbonyl (C=O) groups excluding carboxylic acids is 1. The van der Waals surface area contributed by atoms with Crippen LogP contribution in [0.1, 0.15) is 13.8 Å². The Morgan fingerprint density at radius 2 is 1.95 bits per heavy atom. The van der Waals surface area contributed by atoms with Crippen molar-refractivity contribution in [3.8, 4) is 0 Å². The molecule has 2 N–H and O–H groups in total. The maximum absolute atomic E-state index is 11.9. The molecule has 8 heteroatoms. The standard InChI is InChI=1S/C13H17N3O5/c1-9(2)15(8-13(18)19)7-12(17)14-10-5-3-4-6-11(10)16(20)21/h3-6,9H,7-8H2,1-2H3,(H,14,17)(H,18,19). The first-order chi connectivity index (χ1) is 9.81. The summed E-state index contributed by atoms with van der Waals surface area (Å²) in [7, 11) is 0. The second-order valence-corrected chi connectivity index (χ2v) is 4.71. The van der Waals surface area contributed by atoms with E-state index in [-0.39, 0.29) is 30.5 Å². The Kier molecular flexibility index (Phi) is 5.79. The number of carboxylic acid groups (broad SMARTS) is 1. The Labute approximate surface area is 121 Å². The summed E-state index contributed by atoms with van der Waals surface area (Å²) < 4.78 is 0. The van der Waals surface area contributed by atoms with Crippen molar-refractivity contribution in [2.45, 2.75) is 19.9 Å². The molecule has 0 saturated heterocycles. The number of nitro groups is 1. The molecule has 21 heavy (non-hydrogen) atoms. The quantitative estimate of drug-likeness (QED) is 0.579. The molecule has 0 fully saturated rings. The molecular formula is C13H17N3O5. The minimum absolute atomic E-state index is 0.0894. The van der Waals surface area contributed by atoms with Crippen molar-refractivity contribution >= 4 is 23.3 Å². The van der Waals surface area contributed by atoms with Gasteiger partial charge in [0.05, 0.1) is 18.0 Å². The van der Waals surface area contributed by atoms with Gasteiger partial charge in [0, 0.05) is 12.1 Å². The maximum Gasteiger partial charge on any atom is 0.317 e. The van der Waals surface area contributed by atoms with E-state index in [4.69, 9.17) is 5.11 Å². The fraction of sp³-hybridized carbons (Fsp3) is 0.385. The lowest BCUT2D eigenvalue weighted by atomic mass is 10.2. The number of carbonyl (C=O) groups is 2. The first-order valence-electron chi connectivity index (χ1n) is 6.30. The number of hydrogen-bond donors (Lipinski definition) is 2. The SMILES string of the molecule is CC(C)N(CC(=O)O)CC(=O)Nc1ccccc1[N+](=O)[O-]. The molecule has 0 spiro atoms. The van der Waals surface area contributed by atoms with E-state index in [1.54, 1.807) is 19.9 Å². The smallest absolute Gasteiger partial charge is 0.317 e. The van der Waals surface area contributed by atoms with E-state index in [0.29, 0.717) is 0 Å². The van der Waals surface area contributed by atoms with Gasteiger partial charge in [0.15, 0.2) is 0 Å². The summed E-state index contributed by atoms with van der Waals surface area (Å²) in [5, 5.41) is 22.1. The lowest BCUT2D eigenvalue weighted by Crippen LogP contribution is -2.41. The molecule has 1 rings (SSSR count). The van der Waals surface area contributed by atoms with E-state index in [1.807, 2.05) is 0 Å². The van der Waals surface area contributed by atoms with Crippen molar-refractivity contribution in [1.82, 2.24) is 4.90 Å². The van der Waals surface area contributed by atoms with Crippen LogP contribution in [-0.2, 0) is 9.59 Å². The monoisotopic (exact) mass is 295 g/mol. The average Bonchev–Trinajstić information content (AvgIpc) is 2.37. The summed E-state index contributed by atoms with van der Waals surface area (Å²) in [4.78, 5) is 34.4. The molecule has 0 aromatic heterocycles. The number of aliphatic carboxylic acids is 1.